The Balaban J connectivity index is 2.17. The lowest BCUT2D eigenvalue weighted by Gasteiger charge is -2.26. The van der Waals surface area contributed by atoms with Gasteiger partial charge in [-0.25, -0.2) is 0 Å². The monoisotopic (exact) mass is 173 g/mol. The summed E-state index contributed by atoms with van der Waals surface area (Å²) in [5.41, 5.74) is 0. The van der Waals surface area contributed by atoms with E-state index in [1.54, 1.807) is 11.3 Å². The highest BCUT2D eigenvalue weighted by Gasteiger charge is 2.19. The Morgan fingerprint density at radius 1 is 1.70 bits per heavy atom. The van der Waals surface area contributed by atoms with E-state index in [2.05, 4.69) is 5.32 Å². The highest BCUT2D eigenvalue weighted by molar-refractivity contribution is 7.10. The van der Waals surface area contributed by atoms with Crippen LogP contribution in [0.15, 0.2) is 11.4 Å². The third-order valence-electron chi connectivity index (χ3n) is 1.75. The molecule has 0 aliphatic carbocycles. The molecule has 0 aromatic carbocycles. The molecule has 0 saturated carbocycles. The van der Waals surface area contributed by atoms with E-state index in [0.29, 0.717) is 6.04 Å². The minimum absolute atomic E-state index is 0.595. The van der Waals surface area contributed by atoms with Gasteiger partial charge in [0.1, 0.15) is 0 Å². The Bertz CT molecular complexity index is 229. The van der Waals surface area contributed by atoms with Crippen LogP contribution in [0.2, 0.25) is 5.02 Å². The summed E-state index contributed by atoms with van der Waals surface area (Å²) >= 11 is 7.51. The van der Waals surface area contributed by atoms with Crippen LogP contribution in [0.3, 0.4) is 0 Å². The summed E-state index contributed by atoms with van der Waals surface area (Å²) in [6.45, 7) is 1.15. The molecule has 1 atom stereocenters. The summed E-state index contributed by atoms with van der Waals surface area (Å²) in [6, 6.07) is 2.64. The summed E-state index contributed by atoms with van der Waals surface area (Å²) in [7, 11) is 0. The van der Waals surface area contributed by atoms with E-state index >= 15 is 0 Å². The Kier molecular flexibility index (Phi) is 1.68. The summed E-state index contributed by atoms with van der Waals surface area (Å²) in [5, 5.41) is 6.18. The molecule has 1 unspecified atom stereocenters. The van der Waals surface area contributed by atoms with Crippen molar-refractivity contribution in [2.24, 2.45) is 0 Å². The molecule has 2 heterocycles. The van der Waals surface area contributed by atoms with Crippen molar-refractivity contribution in [3.8, 4) is 0 Å². The van der Waals surface area contributed by atoms with Gasteiger partial charge in [0, 0.05) is 16.3 Å². The first-order chi connectivity index (χ1) is 4.86. The van der Waals surface area contributed by atoms with Gasteiger partial charge in [-0.05, 0) is 19.0 Å². The van der Waals surface area contributed by atoms with Gasteiger partial charge in [-0.15, -0.1) is 11.3 Å². The van der Waals surface area contributed by atoms with Crippen molar-refractivity contribution < 1.29 is 0 Å². The molecule has 1 aliphatic heterocycles. The molecule has 1 N–H and O–H groups in total. The van der Waals surface area contributed by atoms with Crippen LogP contribution in [-0.2, 0) is 0 Å². The molecule has 0 amide bonds. The fraction of sp³-hybridized carbons (Fsp3) is 0.429. The quantitative estimate of drug-likeness (QED) is 0.688. The zero-order valence-corrected chi connectivity index (χ0v) is 7.00. The second kappa shape index (κ2) is 2.53. The van der Waals surface area contributed by atoms with Gasteiger partial charge in [0.15, 0.2) is 0 Å². The number of hydrogen-bond acceptors (Lipinski definition) is 2. The average Bonchev–Trinajstić information content (AvgIpc) is 2.10. The fourth-order valence-electron chi connectivity index (χ4n) is 1.04. The Morgan fingerprint density at radius 3 is 2.90 bits per heavy atom. The molecular formula is C7H8ClNS. The zero-order valence-electron chi connectivity index (χ0n) is 5.43. The Morgan fingerprint density at radius 2 is 2.50 bits per heavy atom. The van der Waals surface area contributed by atoms with Gasteiger partial charge in [-0.2, -0.15) is 0 Å². The molecule has 1 nitrogen and oxygen atoms in total. The average molecular weight is 174 g/mol. The van der Waals surface area contributed by atoms with E-state index in [-0.39, 0.29) is 0 Å². The molecule has 1 aromatic heterocycles. The highest BCUT2D eigenvalue weighted by atomic mass is 35.5. The molecular weight excluding hydrogens is 166 g/mol. The number of rotatable bonds is 1. The molecule has 1 aliphatic rings. The van der Waals surface area contributed by atoms with E-state index in [1.165, 1.54) is 11.3 Å². The van der Waals surface area contributed by atoms with Gasteiger partial charge in [-0.3, -0.25) is 0 Å². The molecule has 54 valence electrons. The second-order valence-corrected chi connectivity index (χ2v) is 3.84. The van der Waals surface area contributed by atoms with Gasteiger partial charge in [-0.1, -0.05) is 11.6 Å². The highest BCUT2D eigenvalue weighted by Crippen LogP contribution is 2.30. The summed E-state index contributed by atoms with van der Waals surface area (Å²) in [6.07, 6.45) is 1.26. The van der Waals surface area contributed by atoms with Gasteiger partial charge >= 0.3 is 0 Å². The first kappa shape index (κ1) is 6.65. The lowest BCUT2D eigenvalue weighted by Crippen LogP contribution is -2.34. The van der Waals surface area contributed by atoms with Gasteiger partial charge in [0.05, 0.1) is 5.02 Å². The maximum Gasteiger partial charge on any atom is 0.0516 e. The van der Waals surface area contributed by atoms with E-state index in [1.807, 2.05) is 11.4 Å². The molecule has 10 heavy (non-hydrogen) atoms. The number of nitrogens with one attached hydrogen (secondary N) is 1. The standard InChI is InChI=1S/C7H8ClNS/c8-5-3-7(10-4-5)6-1-2-9-6/h3-4,6,9H,1-2H2. The zero-order chi connectivity index (χ0) is 6.97. The number of halogens is 1. The minimum Gasteiger partial charge on any atom is -0.309 e. The van der Waals surface area contributed by atoms with Crippen LogP contribution >= 0.6 is 22.9 Å². The maximum atomic E-state index is 5.77. The van der Waals surface area contributed by atoms with Crippen molar-refractivity contribution in [3.05, 3.63) is 21.3 Å². The van der Waals surface area contributed by atoms with E-state index in [9.17, 15) is 0 Å². The third-order valence-corrected chi connectivity index (χ3v) is 3.15. The molecule has 1 aromatic rings. The Labute approximate surface area is 69.0 Å². The lowest BCUT2D eigenvalue weighted by molar-refractivity contribution is 0.389. The van der Waals surface area contributed by atoms with Crippen molar-refractivity contribution in [1.29, 1.82) is 0 Å². The van der Waals surface area contributed by atoms with E-state index < -0.39 is 0 Å². The van der Waals surface area contributed by atoms with Crippen molar-refractivity contribution in [3.63, 3.8) is 0 Å². The molecule has 0 spiro atoms. The summed E-state index contributed by atoms with van der Waals surface area (Å²) in [5.74, 6) is 0. The van der Waals surface area contributed by atoms with Crippen LogP contribution in [0.4, 0.5) is 0 Å². The fourth-order valence-corrected chi connectivity index (χ4v) is 2.24. The van der Waals surface area contributed by atoms with E-state index in [0.717, 1.165) is 11.6 Å². The van der Waals surface area contributed by atoms with Gasteiger partial charge < -0.3 is 5.32 Å². The molecule has 0 radical (unpaired) electrons. The molecule has 3 heteroatoms. The topological polar surface area (TPSA) is 12.0 Å². The van der Waals surface area contributed by atoms with Crippen molar-refractivity contribution in [2.45, 2.75) is 12.5 Å². The van der Waals surface area contributed by atoms with Crippen molar-refractivity contribution in [2.75, 3.05) is 6.54 Å². The normalized spacial score (nSPS) is 24.3. The molecule has 1 fully saturated rings. The molecule has 1 saturated heterocycles. The van der Waals surface area contributed by atoms with Crippen molar-refractivity contribution >= 4 is 22.9 Å². The first-order valence-corrected chi connectivity index (χ1v) is 4.59. The van der Waals surface area contributed by atoms with Gasteiger partial charge in [0.25, 0.3) is 0 Å². The van der Waals surface area contributed by atoms with Crippen molar-refractivity contribution in [1.82, 2.24) is 5.32 Å². The predicted molar refractivity (Wildman–Crippen MR) is 44.7 cm³/mol. The summed E-state index contributed by atoms with van der Waals surface area (Å²) < 4.78 is 0. The second-order valence-electron chi connectivity index (χ2n) is 2.46. The minimum atomic E-state index is 0.595. The van der Waals surface area contributed by atoms with Gasteiger partial charge in [0.2, 0.25) is 0 Å². The third kappa shape index (κ3) is 1.07. The maximum absolute atomic E-state index is 5.77. The molecule has 0 bridgehead atoms. The van der Waals surface area contributed by atoms with E-state index in [4.69, 9.17) is 11.6 Å². The first-order valence-electron chi connectivity index (χ1n) is 3.33. The van der Waals surface area contributed by atoms with Crippen LogP contribution in [0.25, 0.3) is 0 Å². The largest absolute Gasteiger partial charge is 0.309 e. The van der Waals surface area contributed by atoms with Crippen LogP contribution in [0, 0.1) is 0 Å². The summed E-state index contributed by atoms with van der Waals surface area (Å²) in [4.78, 5) is 1.37. The Hall–Kier alpha value is -0.0500. The molecule has 2 rings (SSSR count). The number of thiophene rings is 1. The van der Waals surface area contributed by atoms with Crippen LogP contribution in [0.1, 0.15) is 17.3 Å². The van der Waals surface area contributed by atoms with Crippen LogP contribution in [-0.4, -0.2) is 6.54 Å². The lowest BCUT2D eigenvalue weighted by atomic mass is 10.1. The smallest absolute Gasteiger partial charge is 0.0516 e. The van der Waals surface area contributed by atoms with Crippen LogP contribution in [0.5, 0.6) is 0 Å². The number of hydrogen-bond donors (Lipinski definition) is 1. The predicted octanol–water partition coefficient (Wildman–Crippen LogP) is 2.44. The SMILES string of the molecule is Clc1csc(C2CCN2)c1. The van der Waals surface area contributed by atoms with Crippen LogP contribution < -0.4 is 5.32 Å².